The van der Waals surface area contributed by atoms with E-state index in [-0.39, 0.29) is 41.6 Å². The van der Waals surface area contributed by atoms with Crippen LogP contribution in [0, 0.1) is 5.92 Å². The summed E-state index contributed by atoms with van der Waals surface area (Å²) >= 11 is 0. The number of piperidine rings is 1. The minimum absolute atomic E-state index is 0.0107. The monoisotopic (exact) mass is 590 g/mol. The van der Waals surface area contributed by atoms with Crippen LogP contribution < -0.4 is 10.6 Å². The molecule has 0 spiro atoms. The summed E-state index contributed by atoms with van der Waals surface area (Å²) < 4.78 is 41.5. The summed E-state index contributed by atoms with van der Waals surface area (Å²) in [4.78, 5) is 38.0. The summed E-state index contributed by atoms with van der Waals surface area (Å²) in [6.07, 6.45) is -0.511. The molecule has 0 unspecified atom stereocenters. The zero-order valence-corrected chi connectivity index (χ0v) is 24.9. The second-order valence-corrected chi connectivity index (χ2v) is 11.4. The fourth-order valence-electron chi connectivity index (χ4n) is 5.71. The predicted molar refractivity (Wildman–Crippen MR) is 155 cm³/mol. The van der Waals surface area contributed by atoms with Crippen molar-refractivity contribution in [3.8, 4) is 0 Å². The number of amides is 2. The molecule has 2 N–H and O–H groups in total. The van der Waals surface area contributed by atoms with E-state index < -0.39 is 11.7 Å². The van der Waals surface area contributed by atoms with Crippen molar-refractivity contribution in [2.75, 3.05) is 58.5 Å². The second kappa shape index (κ2) is 13.2. The van der Waals surface area contributed by atoms with Gasteiger partial charge < -0.3 is 20.4 Å². The summed E-state index contributed by atoms with van der Waals surface area (Å²) in [5.41, 5.74) is 0.0946. The smallest absolute Gasteiger partial charge is 0.367 e. The fraction of sp³-hybridized carbons (Fsp3) is 0.586. The molecule has 2 aliphatic rings. The molecule has 1 aliphatic heterocycles. The number of hydrogen-bond acceptors (Lipinski definition) is 8. The molecule has 0 bridgehead atoms. The van der Waals surface area contributed by atoms with Crippen LogP contribution in [-0.2, 0) is 11.0 Å². The third-order valence-corrected chi connectivity index (χ3v) is 8.20. The van der Waals surface area contributed by atoms with E-state index >= 15 is 0 Å². The number of rotatable bonds is 9. The van der Waals surface area contributed by atoms with E-state index in [1.165, 1.54) is 0 Å². The van der Waals surface area contributed by atoms with E-state index in [9.17, 15) is 22.8 Å². The van der Waals surface area contributed by atoms with Gasteiger partial charge in [0.15, 0.2) is 0 Å². The maximum Gasteiger partial charge on any atom is 0.421 e. The van der Waals surface area contributed by atoms with Crippen molar-refractivity contribution >= 4 is 29.3 Å². The highest BCUT2D eigenvalue weighted by molar-refractivity contribution is 5.94. The van der Waals surface area contributed by atoms with Crippen LogP contribution in [0.3, 0.4) is 0 Å². The van der Waals surface area contributed by atoms with E-state index in [0.717, 1.165) is 32.1 Å². The van der Waals surface area contributed by atoms with E-state index in [2.05, 4.69) is 32.5 Å². The number of hydrogen-bond donors (Lipinski definition) is 2. The van der Waals surface area contributed by atoms with Crippen molar-refractivity contribution < 1.29 is 22.8 Å². The molecule has 2 amide bonds. The van der Waals surface area contributed by atoms with E-state index in [0.29, 0.717) is 37.1 Å². The summed E-state index contributed by atoms with van der Waals surface area (Å²) in [5.74, 6) is -0.729. The largest absolute Gasteiger partial charge is 0.421 e. The number of nitrogens with one attached hydrogen (secondary N) is 2. The molecule has 1 aromatic carbocycles. The van der Waals surface area contributed by atoms with Gasteiger partial charge in [-0.25, -0.2) is 9.99 Å². The lowest BCUT2D eigenvalue weighted by molar-refractivity contribution is -0.148. The highest BCUT2D eigenvalue weighted by atomic mass is 19.4. The number of hydrazine groups is 1. The van der Waals surface area contributed by atoms with Crippen LogP contribution >= 0.6 is 0 Å². The van der Waals surface area contributed by atoms with Crippen molar-refractivity contribution in [2.24, 2.45) is 5.92 Å². The molecule has 13 heteroatoms. The van der Waals surface area contributed by atoms with Gasteiger partial charge in [-0.05, 0) is 83.4 Å². The molecule has 2 heterocycles. The van der Waals surface area contributed by atoms with Gasteiger partial charge in [-0.3, -0.25) is 14.6 Å². The summed E-state index contributed by atoms with van der Waals surface area (Å²) in [7, 11) is 7.47. The van der Waals surface area contributed by atoms with Crippen molar-refractivity contribution in [2.45, 2.75) is 57.3 Å². The van der Waals surface area contributed by atoms with E-state index in [1.54, 1.807) is 53.3 Å². The molecular weight excluding hydrogens is 549 g/mol. The number of anilines is 3. The zero-order valence-electron chi connectivity index (χ0n) is 24.9. The Hall–Kier alpha value is -3.45. The van der Waals surface area contributed by atoms with Crippen molar-refractivity contribution in [1.82, 2.24) is 29.8 Å². The zero-order chi connectivity index (χ0) is 30.6. The predicted octanol–water partition coefficient (Wildman–Crippen LogP) is 4.31. The Labute approximate surface area is 245 Å². The van der Waals surface area contributed by atoms with E-state index in [1.807, 2.05) is 14.0 Å². The normalized spacial score (nSPS) is 20.0. The summed E-state index contributed by atoms with van der Waals surface area (Å²) in [5, 5.41) is 9.24. The molecule has 1 saturated heterocycles. The average molecular weight is 591 g/mol. The second-order valence-electron chi connectivity index (χ2n) is 11.4. The van der Waals surface area contributed by atoms with Gasteiger partial charge in [0.25, 0.3) is 5.91 Å². The summed E-state index contributed by atoms with van der Waals surface area (Å²) in [6, 6.07) is 6.58. The standard InChI is InChI=1S/C29H41F3N8O2/c1-6-40(37(2)3)27(42)20-9-12-22(17-20)34-25-24(29(30,31)32)18-33-28(36-25)35-21-10-7-19(8-11-21)26(41)39(5)23-13-15-38(4)16-14-23/h7-8,10-11,18,20,22-23H,6,9,12-17H2,1-5H3,(H2,33,34,35,36)/t20-,22+/m0/s1. The maximum atomic E-state index is 13.8. The number of nitrogens with zero attached hydrogens (tertiary/aromatic N) is 6. The van der Waals surface area contributed by atoms with Gasteiger partial charge >= 0.3 is 6.18 Å². The molecule has 1 saturated carbocycles. The van der Waals surface area contributed by atoms with Crippen molar-refractivity contribution in [1.29, 1.82) is 0 Å². The first-order chi connectivity index (χ1) is 19.9. The van der Waals surface area contributed by atoms with Crippen LogP contribution in [0.4, 0.5) is 30.6 Å². The molecule has 10 nitrogen and oxygen atoms in total. The number of benzene rings is 1. The van der Waals surface area contributed by atoms with Crippen molar-refractivity contribution in [3.05, 3.63) is 41.6 Å². The Kier molecular flexibility index (Phi) is 9.93. The number of alkyl halides is 3. The van der Waals surface area contributed by atoms with Crippen LogP contribution in [-0.4, -0.2) is 102 Å². The molecule has 42 heavy (non-hydrogen) atoms. The molecule has 2 fully saturated rings. The fourth-order valence-corrected chi connectivity index (χ4v) is 5.71. The first kappa shape index (κ1) is 31.5. The molecule has 230 valence electrons. The maximum absolute atomic E-state index is 13.8. The van der Waals surface area contributed by atoms with Crippen LogP contribution in [0.1, 0.15) is 54.9 Å². The Bertz CT molecular complexity index is 1230. The third-order valence-electron chi connectivity index (χ3n) is 8.20. The minimum atomic E-state index is -4.65. The number of aromatic nitrogens is 2. The lowest BCUT2D eigenvalue weighted by Crippen LogP contribution is -2.44. The van der Waals surface area contributed by atoms with Crippen LogP contribution in [0.2, 0.25) is 0 Å². The Morgan fingerprint density at radius 3 is 2.31 bits per heavy atom. The van der Waals surface area contributed by atoms with Crippen molar-refractivity contribution in [3.63, 3.8) is 0 Å². The summed E-state index contributed by atoms with van der Waals surface area (Å²) in [6.45, 7) is 4.29. The minimum Gasteiger partial charge on any atom is -0.367 e. The molecular formula is C29H41F3N8O2. The Balaban J connectivity index is 1.43. The van der Waals surface area contributed by atoms with Gasteiger partial charge in [-0.1, -0.05) is 0 Å². The van der Waals surface area contributed by atoms with E-state index in [4.69, 9.17) is 0 Å². The quantitative estimate of drug-likeness (QED) is 0.417. The van der Waals surface area contributed by atoms with Gasteiger partial charge in [0.2, 0.25) is 11.9 Å². The lowest BCUT2D eigenvalue weighted by atomic mass is 10.0. The average Bonchev–Trinajstić information content (AvgIpc) is 3.41. The van der Waals surface area contributed by atoms with Crippen LogP contribution in [0.5, 0.6) is 0 Å². The van der Waals surface area contributed by atoms with Gasteiger partial charge in [-0.15, -0.1) is 0 Å². The Morgan fingerprint density at radius 1 is 1.05 bits per heavy atom. The molecule has 1 aromatic heterocycles. The SMILES string of the molecule is CCN(C(=O)[C@H]1CC[C@@H](Nc2nc(Nc3ccc(C(=O)N(C)C4CCN(C)CC4)cc3)ncc2C(F)(F)F)C1)N(C)C. The highest BCUT2D eigenvalue weighted by Crippen LogP contribution is 2.37. The molecule has 2 atom stereocenters. The van der Waals surface area contributed by atoms with Gasteiger partial charge in [0.05, 0.1) is 0 Å². The lowest BCUT2D eigenvalue weighted by Gasteiger charge is -2.35. The van der Waals surface area contributed by atoms with Gasteiger partial charge in [-0.2, -0.15) is 18.2 Å². The highest BCUT2D eigenvalue weighted by Gasteiger charge is 2.38. The van der Waals surface area contributed by atoms with Gasteiger partial charge in [0, 0.05) is 63.1 Å². The third kappa shape index (κ3) is 7.49. The van der Waals surface area contributed by atoms with Gasteiger partial charge in [0.1, 0.15) is 11.4 Å². The Morgan fingerprint density at radius 2 is 1.71 bits per heavy atom. The number of halogens is 3. The topological polar surface area (TPSA) is 96.9 Å². The number of likely N-dealkylation sites (tertiary alicyclic amines) is 1. The number of carbonyl (C=O) groups is 2. The van der Waals surface area contributed by atoms with Crippen LogP contribution in [0.15, 0.2) is 30.5 Å². The molecule has 0 radical (unpaired) electrons. The van der Waals surface area contributed by atoms with Crippen LogP contribution in [0.25, 0.3) is 0 Å². The molecule has 4 rings (SSSR count). The molecule has 2 aromatic rings. The first-order valence-electron chi connectivity index (χ1n) is 14.4. The molecule has 1 aliphatic carbocycles. The number of carbonyl (C=O) groups excluding carboxylic acids is 2. The first-order valence-corrected chi connectivity index (χ1v) is 14.4.